The lowest BCUT2D eigenvalue weighted by Crippen LogP contribution is -2.20. The van der Waals surface area contributed by atoms with Crippen LogP contribution in [-0.2, 0) is 14.3 Å². The zero-order valence-corrected chi connectivity index (χ0v) is 11.6. The minimum atomic E-state index is -0.199. The SMILES string of the molecule is COCC(=O)Nc1ccc(NC(=O)C2CCCC2)cc1. The van der Waals surface area contributed by atoms with Gasteiger partial charge in [-0.2, -0.15) is 0 Å². The summed E-state index contributed by atoms with van der Waals surface area (Å²) < 4.78 is 4.74. The maximum atomic E-state index is 12.0. The highest BCUT2D eigenvalue weighted by Crippen LogP contribution is 2.26. The number of hydrogen-bond donors (Lipinski definition) is 2. The van der Waals surface area contributed by atoms with Crippen LogP contribution in [0.25, 0.3) is 0 Å². The lowest BCUT2D eigenvalue weighted by molar-refractivity contribution is -0.120. The van der Waals surface area contributed by atoms with Gasteiger partial charge in [-0.1, -0.05) is 12.8 Å². The van der Waals surface area contributed by atoms with Crippen LogP contribution in [0.3, 0.4) is 0 Å². The van der Waals surface area contributed by atoms with Crippen LogP contribution in [0.5, 0.6) is 0 Å². The van der Waals surface area contributed by atoms with Gasteiger partial charge in [-0.05, 0) is 37.1 Å². The molecule has 2 rings (SSSR count). The van der Waals surface area contributed by atoms with E-state index in [2.05, 4.69) is 10.6 Å². The van der Waals surface area contributed by atoms with E-state index in [-0.39, 0.29) is 24.3 Å². The van der Waals surface area contributed by atoms with Gasteiger partial charge < -0.3 is 15.4 Å². The van der Waals surface area contributed by atoms with E-state index in [0.717, 1.165) is 31.4 Å². The average Bonchev–Trinajstić information content (AvgIpc) is 2.95. The van der Waals surface area contributed by atoms with Crippen LogP contribution in [0, 0.1) is 5.92 Å². The van der Waals surface area contributed by atoms with Crippen molar-refractivity contribution in [2.24, 2.45) is 5.92 Å². The van der Waals surface area contributed by atoms with Crippen LogP contribution < -0.4 is 10.6 Å². The predicted octanol–water partition coefficient (Wildman–Crippen LogP) is 2.40. The maximum Gasteiger partial charge on any atom is 0.250 e. The van der Waals surface area contributed by atoms with Gasteiger partial charge in [0.05, 0.1) is 0 Å². The first-order chi connectivity index (χ1) is 9.69. The third-order valence-electron chi connectivity index (χ3n) is 3.44. The fourth-order valence-corrected chi connectivity index (χ4v) is 2.40. The molecule has 2 N–H and O–H groups in total. The van der Waals surface area contributed by atoms with E-state index in [1.807, 2.05) is 0 Å². The molecule has 2 amide bonds. The topological polar surface area (TPSA) is 67.4 Å². The Morgan fingerprint density at radius 2 is 1.65 bits per heavy atom. The number of benzene rings is 1. The van der Waals surface area contributed by atoms with Crippen molar-refractivity contribution in [3.63, 3.8) is 0 Å². The van der Waals surface area contributed by atoms with Crippen molar-refractivity contribution >= 4 is 23.2 Å². The molecule has 1 saturated carbocycles. The van der Waals surface area contributed by atoms with Crippen molar-refractivity contribution in [1.82, 2.24) is 0 Å². The van der Waals surface area contributed by atoms with Crippen molar-refractivity contribution in [3.8, 4) is 0 Å². The predicted molar refractivity (Wildman–Crippen MR) is 77.5 cm³/mol. The fourth-order valence-electron chi connectivity index (χ4n) is 2.40. The lowest BCUT2D eigenvalue weighted by atomic mass is 10.1. The van der Waals surface area contributed by atoms with Crippen LogP contribution in [0.15, 0.2) is 24.3 Å². The normalized spacial score (nSPS) is 15.1. The Hall–Kier alpha value is -1.88. The summed E-state index contributed by atoms with van der Waals surface area (Å²) in [5.74, 6) is 0.0463. The molecule has 0 aliphatic heterocycles. The Labute approximate surface area is 118 Å². The van der Waals surface area contributed by atoms with E-state index in [9.17, 15) is 9.59 Å². The molecule has 1 aliphatic carbocycles. The largest absolute Gasteiger partial charge is 0.375 e. The number of carbonyl (C=O) groups excluding carboxylic acids is 2. The summed E-state index contributed by atoms with van der Waals surface area (Å²) in [6.07, 6.45) is 4.25. The third kappa shape index (κ3) is 4.06. The Kier molecular flexibility index (Phi) is 5.12. The molecule has 0 heterocycles. The van der Waals surface area contributed by atoms with E-state index >= 15 is 0 Å². The van der Waals surface area contributed by atoms with Crippen molar-refractivity contribution < 1.29 is 14.3 Å². The summed E-state index contributed by atoms with van der Waals surface area (Å²) in [6, 6.07) is 7.10. The third-order valence-corrected chi connectivity index (χ3v) is 3.44. The molecule has 5 nitrogen and oxygen atoms in total. The molecule has 1 aromatic rings. The Morgan fingerprint density at radius 1 is 1.10 bits per heavy atom. The Morgan fingerprint density at radius 3 is 2.20 bits per heavy atom. The molecular weight excluding hydrogens is 256 g/mol. The number of rotatable bonds is 5. The maximum absolute atomic E-state index is 12.0. The van der Waals surface area contributed by atoms with Crippen LogP contribution >= 0.6 is 0 Å². The van der Waals surface area contributed by atoms with Crippen LogP contribution in [0.4, 0.5) is 11.4 Å². The minimum absolute atomic E-state index is 0.0279. The summed E-state index contributed by atoms with van der Waals surface area (Å²) in [6.45, 7) is 0.0279. The van der Waals surface area contributed by atoms with Gasteiger partial charge >= 0.3 is 0 Å². The summed E-state index contributed by atoms with van der Waals surface area (Å²) in [5.41, 5.74) is 1.44. The summed E-state index contributed by atoms with van der Waals surface area (Å²) in [7, 11) is 1.47. The molecule has 1 aromatic carbocycles. The second-order valence-corrected chi connectivity index (χ2v) is 5.03. The second kappa shape index (κ2) is 7.05. The van der Waals surface area contributed by atoms with E-state index in [1.54, 1.807) is 24.3 Å². The number of nitrogens with one attached hydrogen (secondary N) is 2. The zero-order chi connectivity index (χ0) is 14.4. The van der Waals surface area contributed by atoms with Gasteiger partial charge in [-0.3, -0.25) is 9.59 Å². The van der Waals surface area contributed by atoms with Gasteiger partial charge in [0.1, 0.15) is 6.61 Å². The molecule has 20 heavy (non-hydrogen) atoms. The number of methoxy groups -OCH3 is 1. The van der Waals surface area contributed by atoms with Gasteiger partial charge in [0, 0.05) is 24.4 Å². The van der Waals surface area contributed by atoms with E-state index < -0.39 is 0 Å². The van der Waals surface area contributed by atoms with Gasteiger partial charge in [0.15, 0.2) is 0 Å². The fraction of sp³-hybridized carbons (Fsp3) is 0.467. The molecule has 0 radical (unpaired) electrons. The van der Waals surface area contributed by atoms with Crippen molar-refractivity contribution in [2.45, 2.75) is 25.7 Å². The summed E-state index contributed by atoms with van der Waals surface area (Å²) >= 11 is 0. The van der Waals surface area contributed by atoms with Crippen LogP contribution in [-0.4, -0.2) is 25.5 Å². The Balaban J connectivity index is 1.87. The molecule has 1 fully saturated rings. The van der Waals surface area contributed by atoms with Gasteiger partial charge in [-0.25, -0.2) is 0 Å². The van der Waals surface area contributed by atoms with Crippen molar-refractivity contribution in [3.05, 3.63) is 24.3 Å². The standard InChI is InChI=1S/C15H20N2O3/c1-20-10-14(18)16-12-6-8-13(9-7-12)17-15(19)11-4-2-3-5-11/h6-9,11H,2-5,10H2,1H3,(H,16,18)(H,17,19). The van der Waals surface area contributed by atoms with Crippen LogP contribution in [0.2, 0.25) is 0 Å². The molecular formula is C15H20N2O3. The lowest BCUT2D eigenvalue weighted by Gasteiger charge is -2.11. The Bertz CT molecular complexity index is 465. The number of anilines is 2. The van der Waals surface area contributed by atoms with Gasteiger partial charge in [0.25, 0.3) is 0 Å². The molecule has 0 aromatic heterocycles. The summed E-state index contributed by atoms with van der Waals surface area (Å²) in [4.78, 5) is 23.3. The number of carbonyl (C=O) groups is 2. The average molecular weight is 276 g/mol. The second-order valence-electron chi connectivity index (χ2n) is 5.03. The van der Waals surface area contributed by atoms with Crippen molar-refractivity contribution in [1.29, 1.82) is 0 Å². The monoisotopic (exact) mass is 276 g/mol. The van der Waals surface area contributed by atoms with Gasteiger partial charge in [-0.15, -0.1) is 0 Å². The molecule has 0 bridgehead atoms. The van der Waals surface area contributed by atoms with Crippen LogP contribution in [0.1, 0.15) is 25.7 Å². The smallest absolute Gasteiger partial charge is 0.250 e. The molecule has 0 unspecified atom stereocenters. The van der Waals surface area contributed by atoms with E-state index in [0.29, 0.717) is 5.69 Å². The highest BCUT2D eigenvalue weighted by Gasteiger charge is 2.22. The molecule has 1 aliphatic rings. The summed E-state index contributed by atoms with van der Waals surface area (Å²) in [5, 5.41) is 5.62. The first kappa shape index (κ1) is 14.5. The highest BCUT2D eigenvalue weighted by atomic mass is 16.5. The quantitative estimate of drug-likeness (QED) is 0.867. The number of amides is 2. The number of hydrogen-bond acceptors (Lipinski definition) is 3. The molecule has 108 valence electrons. The van der Waals surface area contributed by atoms with E-state index in [1.165, 1.54) is 7.11 Å². The van der Waals surface area contributed by atoms with Gasteiger partial charge in [0.2, 0.25) is 11.8 Å². The zero-order valence-electron chi connectivity index (χ0n) is 11.6. The van der Waals surface area contributed by atoms with E-state index in [4.69, 9.17) is 4.74 Å². The molecule has 5 heteroatoms. The van der Waals surface area contributed by atoms with Crippen molar-refractivity contribution in [2.75, 3.05) is 24.4 Å². The first-order valence-corrected chi connectivity index (χ1v) is 6.89. The minimum Gasteiger partial charge on any atom is -0.375 e. The highest BCUT2D eigenvalue weighted by molar-refractivity contribution is 5.94. The molecule has 0 saturated heterocycles. The number of ether oxygens (including phenoxy) is 1. The molecule has 0 spiro atoms. The first-order valence-electron chi connectivity index (χ1n) is 6.89. The molecule has 0 atom stereocenters.